The molecule has 2 aromatic carbocycles. The second-order valence-electron chi connectivity index (χ2n) is 7.02. The van der Waals surface area contributed by atoms with Crippen LogP contribution in [0.15, 0.2) is 65.8 Å². The highest BCUT2D eigenvalue weighted by atomic mass is 32.2. The van der Waals surface area contributed by atoms with Crippen molar-refractivity contribution in [1.29, 1.82) is 0 Å². The van der Waals surface area contributed by atoms with Gasteiger partial charge in [0.1, 0.15) is 0 Å². The van der Waals surface area contributed by atoms with Crippen LogP contribution in [0.5, 0.6) is 0 Å². The van der Waals surface area contributed by atoms with Crippen LogP contribution in [0.2, 0.25) is 0 Å². The first kappa shape index (κ1) is 20.4. The normalized spacial score (nSPS) is 16.7. The summed E-state index contributed by atoms with van der Waals surface area (Å²) in [6, 6.07) is 12.9. The van der Waals surface area contributed by atoms with Crippen LogP contribution in [0.1, 0.15) is 29.3 Å². The van der Waals surface area contributed by atoms with Crippen molar-refractivity contribution in [1.82, 2.24) is 9.97 Å². The topological polar surface area (TPSA) is 46.1 Å². The average molecular weight is 429 g/mol. The van der Waals surface area contributed by atoms with E-state index in [0.29, 0.717) is 23.7 Å². The van der Waals surface area contributed by atoms with Gasteiger partial charge in [-0.2, -0.15) is 13.2 Å². The Bertz CT molecular complexity index is 1060. The molecule has 4 rings (SSSR count). The molecule has 3 aromatic rings. The Labute approximate surface area is 176 Å². The van der Waals surface area contributed by atoms with Gasteiger partial charge in [-0.15, -0.1) is 11.8 Å². The molecule has 30 heavy (non-hydrogen) atoms. The maximum Gasteiger partial charge on any atom is 0.416 e. The fraction of sp³-hybridized carbons (Fsp3) is 0.227. The lowest BCUT2D eigenvalue weighted by atomic mass is 10.1. The molecular formula is C22H18F3N3OS. The molecule has 1 aromatic heterocycles. The van der Waals surface area contributed by atoms with Gasteiger partial charge in [-0.25, -0.2) is 9.97 Å². The molecule has 0 spiro atoms. The van der Waals surface area contributed by atoms with Gasteiger partial charge in [0.15, 0.2) is 5.82 Å². The Morgan fingerprint density at radius 3 is 2.47 bits per heavy atom. The number of alkyl halides is 3. The lowest BCUT2D eigenvalue weighted by Crippen LogP contribution is -2.32. The van der Waals surface area contributed by atoms with Crippen molar-refractivity contribution in [2.75, 3.05) is 11.4 Å². The van der Waals surface area contributed by atoms with Crippen LogP contribution in [0.3, 0.4) is 0 Å². The van der Waals surface area contributed by atoms with E-state index in [2.05, 4.69) is 9.97 Å². The standard InChI is InChI=1S/C22H18F3N3OS/c1-14-9-10-28(18-11-17(22(23,24)25)7-8-19(18)30-14)21(29)16-12-26-20(27-13-16)15-5-3-2-4-6-15/h2-8,11-14H,9-10H2,1H3. The minimum atomic E-state index is -4.48. The first-order chi connectivity index (χ1) is 14.3. The smallest absolute Gasteiger partial charge is 0.307 e. The molecule has 0 radical (unpaired) electrons. The summed E-state index contributed by atoms with van der Waals surface area (Å²) in [5.41, 5.74) is 0.551. The number of carbonyl (C=O) groups is 1. The van der Waals surface area contributed by atoms with E-state index >= 15 is 0 Å². The number of hydrogen-bond donors (Lipinski definition) is 0. The van der Waals surface area contributed by atoms with Crippen molar-refractivity contribution in [2.24, 2.45) is 0 Å². The summed E-state index contributed by atoms with van der Waals surface area (Å²) in [6.07, 6.45) is -0.971. The SMILES string of the molecule is CC1CCN(C(=O)c2cnc(-c3ccccc3)nc2)c2cc(C(F)(F)F)ccc2S1. The van der Waals surface area contributed by atoms with Crippen LogP contribution in [-0.4, -0.2) is 27.7 Å². The molecule has 0 fully saturated rings. The number of hydrogen-bond acceptors (Lipinski definition) is 4. The summed E-state index contributed by atoms with van der Waals surface area (Å²) in [6.45, 7) is 2.32. The van der Waals surface area contributed by atoms with Crippen LogP contribution in [0, 0.1) is 0 Å². The van der Waals surface area contributed by atoms with E-state index in [4.69, 9.17) is 0 Å². The number of carbonyl (C=O) groups excluding carboxylic acids is 1. The number of rotatable bonds is 2. The Morgan fingerprint density at radius 1 is 1.10 bits per heavy atom. The van der Waals surface area contributed by atoms with Gasteiger partial charge in [0, 0.05) is 34.6 Å². The molecule has 0 bridgehead atoms. The van der Waals surface area contributed by atoms with E-state index in [0.717, 1.165) is 17.7 Å². The van der Waals surface area contributed by atoms with E-state index in [-0.39, 0.29) is 16.5 Å². The van der Waals surface area contributed by atoms with E-state index in [1.165, 1.54) is 35.1 Å². The highest BCUT2D eigenvalue weighted by molar-refractivity contribution is 8.00. The summed E-state index contributed by atoms with van der Waals surface area (Å²) < 4.78 is 39.8. The van der Waals surface area contributed by atoms with Crippen LogP contribution in [-0.2, 0) is 6.18 Å². The number of halogens is 3. The summed E-state index contributed by atoms with van der Waals surface area (Å²) in [5.74, 6) is 0.0665. The summed E-state index contributed by atoms with van der Waals surface area (Å²) >= 11 is 1.48. The summed E-state index contributed by atoms with van der Waals surface area (Å²) in [4.78, 5) is 23.8. The van der Waals surface area contributed by atoms with Gasteiger partial charge in [-0.1, -0.05) is 37.3 Å². The molecular weight excluding hydrogens is 411 g/mol. The maximum atomic E-state index is 13.3. The molecule has 154 valence electrons. The first-order valence-corrected chi connectivity index (χ1v) is 10.3. The van der Waals surface area contributed by atoms with Gasteiger partial charge < -0.3 is 4.90 Å². The number of amides is 1. The maximum absolute atomic E-state index is 13.3. The predicted molar refractivity (Wildman–Crippen MR) is 111 cm³/mol. The number of aromatic nitrogens is 2. The molecule has 0 saturated heterocycles. The molecule has 2 heterocycles. The van der Waals surface area contributed by atoms with Gasteiger partial charge in [0.2, 0.25) is 0 Å². The molecule has 1 unspecified atom stereocenters. The van der Waals surface area contributed by atoms with Crippen LogP contribution < -0.4 is 4.90 Å². The lowest BCUT2D eigenvalue weighted by molar-refractivity contribution is -0.137. The second kappa shape index (κ2) is 8.10. The number of thioether (sulfide) groups is 1. The third kappa shape index (κ3) is 4.18. The first-order valence-electron chi connectivity index (χ1n) is 9.40. The molecule has 1 amide bonds. The second-order valence-corrected chi connectivity index (χ2v) is 8.50. The molecule has 1 aliphatic heterocycles. The number of fused-ring (bicyclic) bond motifs is 1. The molecule has 4 nitrogen and oxygen atoms in total. The molecule has 0 saturated carbocycles. The lowest BCUT2D eigenvalue weighted by Gasteiger charge is -2.23. The average Bonchev–Trinajstić information content (AvgIpc) is 2.91. The fourth-order valence-corrected chi connectivity index (χ4v) is 4.35. The monoisotopic (exact) mass is 429 g/mol. The number of anilines is 1. The Morgan fingerprint density at radius 2 is 1.80 bits per heavy atom. The van der Waals surface area contributed by atoms with Gasteiger partial charge in [-0.05, 0) is 24.6 Å². The summed E-state index contributed by atoms with van der Waals surface area (Å²) in [5, 5.41) is 0.176. The zero-order chi connectivity index (χ0) is 21.3. The molecule has 1 aliphatic rings. The Kier molecular flexibility index (Phi) is 5.51. The largest absolute Gasteiger partial charge is 0.416 e. The van der Waals surface area contributed by atoms with E-state index in [9.17, 15) is 18.0 Å². The van der Waals surface area contributed by atoms with E-state index in [1.54, 1.807) is 0 Å². The predicted octanol–water partition coefficient (Wildman–Crippen LogP) is 5.69. The zero-order valence-electron chi connectivity index (χ0n) is 16.1. The van der Waals surface area contributed by atoms with E-state index < -0.39 is 17.6 Å². The van der Waals surface area contributed by atoms with Crippen molar-refractivity contribution in [3.63, 3.8) is 0 Å². The van der Waals surface area contributed by atoms with E-state index in [1.807, 2.05) is 37.3 Å². The minimum Gasteiger partial charge on any atom is -0.307 e. The third-order valence-corrected chi connectivity index (χ3v) is 6.08. The van der Waals surface area contributed by atoms with Crippen molar-refractivity contribution in [3.8, 4) is 11.4 Å². The zero-order valence-corrected chi connectivity index (χ0v) is 16.9. The minimum absolute atomic E-state index is 0.176. The quantitative estimate of drug-likeness (QED) is 0.525. The highest BCUT2D eigenvalue weighted by Gasteiger charge is 2.33. The van der Waals surface area contributed by atoms with Gasteiger partial charge in [0.05, 0.1) is 16.8 Å². The van der Waals surface area contributed by atoms with Gasteiger partial charge in [0.25, 0.3) is 5.91 Å². The van der Waals surface area contributed by atoms with Crippen molar-refractivity contribution < 1.29 is 18.0 Å². The molecule has 0 aliphatic carbocycles. The fourth-order valence-electron chi connectivity index (χ4n) is 3.25. The summed E-state index contributed by atoms with van der Waals surface area (Å²) in [7, 11) is 0. The van der Waals surface area contributed by atoms with Crippen LogP contribution >= 0.6 is 11.8 Å². The number of benzene rings is 2. The van der Waals surface area contributed by atoms with Crippen LogP contribution in [0.4, 0.5) is 18.9 Å². The van der Waals surface area contributed by atoms with Crippen molar-refractivity contribution in [2.45, 2.75) is 29.7 Å². The van der Waals surface area contributed by atoms with Crippen molar-refractivity contribution >= 4 is 23.4 Å². The Hall–Kier alpha value is -2.87. The highest BCUT2D eigenvalue weighted by Crippen LogP contribution is 2.41. The molecule has 8 heteroatoms. The molecule has 0 N–H and O–H groups in total. The third-order valence-electron chi connectivity index (χ3n) is 4.84. The van der Waals surface area contributed by atoms with Gasteiger partial charge >= 0.3 is 6.18 Å². The Balaban J connectivity index is 1.69. The van der Waals surface area contributed by atoms with Crippen LogP contribution in [0.25, 0.3) is 11.4 Å². The molecule has 1 atom stereocenters. The number of nitrogens with zero attached hydrogens (tertiary/aromatic N) is 3. The van der Waals surface area contributed by atoms with Gasteiger partial charge in [-0.3, -0.25) is 4.79 Å². The van der Waals surface area contributed by atoms with Crippen molar-refractivity contribution in [3.05, 3.63) is 72.1 Å².